The Kier molecular flexibility index (Phi) is 9.17. The molecular formula is C15H31Cl2N3O. The zero-order valence-corrected chi connectivity index (χ0v) is 15.2. The average Bonchev–Trinajstić information content (AvgIpc) is 2.39. The second-order valence-electron chi connectivity index (χ2n) is 6.84. The molecule has 0 aliphatic carbocycles. The number of amides is 1. The first-order valence-corrected chi connectivity index (χ1v) is 7.66. The first kappa shape index (κ1) is 21.0. The van der Waals surface area contributed by atoms with E-state index < -0.39 is 0 Å². The lowest BCUT2D eigenvalue weighted by atomic mass is 9.80. The molecule has 0 saturated carbocycles. The number of nitrogens with zero attached hydrogens (tertiary/aromatic N) is 2. The Morgan fingerprint density at radius 3 is 2.38 bits per heavy atom. The maximum absolute atomic E-state index is 12.7. The van der Waals surface area contributed by atoms with Gasteiger partial charge in [0.2, 0.25) is 5.91 Å². The second kappa shape index (κ2) is 9.19. The van der Waals surface area contributed by atoms with E-state index in [1.54, 1.807) is 0 Å². The highest BCUT2D eigenvalue weighted by atomic mass is 35.5. The Morgan fingerprint density at radius 2 is 1.90 bits per heavy atom. The maximum atomic E-state index is 12.7. The van der Waals surface area contributed by atoms with Crippen LogP contribution in [0.5, 0.6) is 0 Å². The monoisotopic (exact) mass is 339 g/mol. The van der Waals surface area contributed by atoms with Gasteiger partial charge in [0.15, 0.2) is 0 Å². The highest BCUT2D eigenvalue weighted by Gasteiger charge is 2.38. The van der Waals surface area contributed by atoms with Crippen LogP contribution in [0.15, 0.2) is 0 Å². The third-order valence-electron chi connectivity index (χ3n) is 4.64. The van der Waals surface area contributed by atoms with E-state index in [2.05, 4.69) is 36.1 Å². The number of halogens is 2. The molecule has 2 aliphatic heterocycles. The largest absolute Gasteiger partial charge is 0.342 e. The summed E-state index contributed by atoms with van der Waals surface area (Å²) in [4.78, 5) is 17.0. The number of piperidine rings is 2. The van der Waals surface area contributed by atoms with Crippen LogP contribution in [0.3, 0.4) is 0 Å². The molecule has 2 saturated heterocycles. The Balaban J connectivity index is 0.00000200. The quantitative estimate of drug-likeness (QED) is 0.854. The normalized spacial score (nSPS) is 27.0. The summed E-state index contributed by atoms with van der Waals surface area (Å²) < 4.78 is 0. The third-order valence-corrected chi connectivity index (χ3v) is 4.64. The van der Waals surface area contributed by atoms with Crippen LogP contribution in [-0.2, 0) is 4.79 Å². The van der Waals surface area contributed by atoms with Crippen molar-refractivity contribution in [2.45, 2.75) is 32.6 Å². The van der Waals surface area contributed by atoms with Crippen molar-refractivity contribution < 1.29 is 4.79 Å². The SMILES string of the molecule is CN(C)CC1CCN(C(=O)C2(C)CCCNC2)CC1.Cl.Cl. The molecule has 1 amide bonds. The molecule has 126 valence electrons. The van der Waals surface area contributed by atoms with Crippen LogP contribution in [0.1, 0.15) is 32.6 Å². The lowest BCUT2D eigenvalue weighted by Gasteiger charge is -2.40. The molecule has 0 aromatic heterocycles. The minimum Gasteiger partial charge on any atom is -0.342 e. The molecular weight excluding hydrogens is 309 g/mol. The highest BCUT2D eigenvalue weighted by molar-refractivity contribution is 5.85. The molecule has 2 rings (SSSR count). The predicted molar refractivity (Wildman–Crippen MR) is 92.6 cm³/mol. The fourth-order valence-electron chi connectivity index (χ4n) is 3.46. The van der Waals surface area contributed by atoms with Gasteiger partial charge in [-0.15, -0.1) is 24.8 Å². The number of hydrogen-bond donors (Lipinski definition) is 1. The van der Waals surface area contributed by atoms with Crippen LogP contribution in [0, 0.1) is 11.3 Å². The summed E-state index contributed by atoms with van der Waals surface area (Å²) in [6, 6.07) is 0. The number of nitrogens with one attached hydrogen (secondary N) is 1. The molecule has 4 nitrogen and oxygen atoms in total. The third kappa shape index (κ3) is 5.59. The van der Waals surface area contributed by atoms with Gasteiger partial charge in [-0.3, -0.25) is 4.79 Å². The number of hydrogen-bond acceptors (Lipinski definition) is 3. The molecule has 0 aromatic rings. The molecule has 0 spiro atoms. The Hall–Kier alpha value is -0.0300. The molecule has 1 atom stereocenters. The van der Waals surface area contributed by atoms with Crippen molar-refractivity contribution in [1.82, 2.24) is 15.1 Å². The number of carbonyl (C=O) groups excluding carboxylic acids is 1. The van der Waals surface area contributed by atoms with Gasteiger partial charge in [0.05, 0.1) is 5.41 Å². The Labute approximate surface area is 141 Å². The summed E-state index contributed by atoms with van der Waals surface area (Å²) in [5.74, 6) is 1.14. The second-order valence-corrected chi connectivity index (χ2v) is 6.84. The van der Waals surface area contributed by atoms with Crippen LogP contribution in [0.25, 0.3) is 0 Å². The summed E-state index contributed by atoms with van der Waals surface area (Å²) >= 11 is 0. The molecule has 1 N–H and O–H groups in total. The fourth-order valence-corrected chi connectivity index (χ4v) is 3.46. The first-order valence-electron chi connectivity index (χ1n) is 7.66. The van der Waals surface area contributed by atoms with Gasteiger partial charge in [-0.2, -0.15) is 0 Å². The molecule has 2 aliphatic rings. The molecule has 0 bridgehead atoms. The van der Waals surface area contributed by atoms with Crippen LogP contribution < -0.4 is 5.32 Å². The average molecular weight is 340 g/mol. The van der Waals surface area contributed by atoms with Crippen molar-refractivity contribution in [3.05, 3.63) is 0 Å². The maximum Gasteiger partial charge on any atom is 0.229 e. The fraction of sp³-hybridized carbons (Fsp3) is 0.933. The number of carbonyl (C=O) groups is 1. The molecule has 0 aromatic carbocycles. The van der Waals surface area contributed by atoms with E-state index in [4.69, 9.17) is 0 Å². The number of rotatable bonds is 3. The van der Waals surface area contributed by atoms with E-state index in [0.717, 1.165) is 64.3 Å². The topological polar surface area (TPSA) is 35.6 Å². The van der Waals surface area contributed by atoms with Crippen LogP contribution >= 0.6 is 24.8 Å². The minimum absolute atomic E-state index is 0. The zero-order chi connectivity index (χ0) is 13.9. The molecule has 2 fully saturated rings. The lowest BCUT2D eigenvalue weighted by Crippen LogP contribution is -2.52. The smallest absolute Gasteiger partial charge is 0.229 e. The summed E-state index contributed by atoms with van der Waals surface area (Å²) in [5, 5.41) is 3.38. The van der Waals surface area contributed by atoms with E-state index in [1.165, 1.54) is 0 Å². The predicted octanol–water partition coefficient (Wildman–Crippen LogP) is 2.02. The van der Waals surface area contributed by atoms with Gasteiger partial charge in [0.25, 0.3) is 0 Å². The van der Waals surface area contributed by atoms with Crippen molar-refractivity contribution in [3.8, 4) is 0 Å². The Bertz CT molecular complexity index is 312. The molecule has 2 heterocycles. The van der Waals surface area contributed by atoms with Gasteiger partial charge in [-0.25, -0.2) is 0 Å². The van der Waals surface area contributed by atoms with Gasteiger partial charge in [-0.1, -0.05) is 0 Å². The van der Waals surface area contributed by atoms with Gasteiger partial charge in [0.1, 0.15) is 0 Å². The zero-order valence-electron chi connectivity index (χ0n) is 13.6. The summed E-state index contributed by atoms with van der Waals surface area (Å²) in [6.07, 6.45) is 4.48. The van der Waals surface area contributed by atoms with Crippen molar-refractivity contribution in [1.29, 1.82) is 0 Å². The standard InChI is InChI=1S/C15H29N3O.2ClH/c1-15(7-4-8-16-12-15)14(19)18-9-5-13(6-10-18)11-17(2)3;;/h13,16H,4-12H2,1-3H3;2*1H. The van der Waals surface area contributed by atoms with Crippen LogP contribution in [-0.4, -0.2) is 62.5 Å². The highest BCUT2D eigenvalue weighted by Crippen LogP contribution is 2.30. The summed E-state index contributed by atoms with van der Waals surface area (Å²) in [5.41, 5.74) is -0.160. The van der Waals surface area contributed by atoms with E-state index in [1.807, 2.05) is 0 Å². The molecule has 1 unspecified atom stereocenters. The minimum atomic E-state index is -0.160. The van der Waals surface area contributed by atoms with Crippen molar-refractivity contribution >= 4 is 30.7 Å². The van der Waals surface area contributed by atoms with E-state index in [-0.39, 0.29) is 30.2 Å². The van der Waals surface area contributed by atoms with Gasteiger partial charge >= 0.3 is 0 Å². The summed E-state index contributed by atoms with van der Waals surface area (Å²) in [6.45, 7) is 7.10. The van der Waals surface area contributed by atoms with Gasteiger partial charge in [0, 0.05) is 26.2 Å². The number of likely N-dealkylation sites (tertiary alicyclic amines) is 1. The van der Waals surface area contributed by atoms with Crippen molar-refractivity contribution in [2.75, 3.05) is 46.8 Å². The van der Waals surface area contributed by atoms with E-state index in [9.17, 15) is 4.79 Å². The molecule has 21 heavy (non-hydrogen) atoms. The molecule has 0 radical (unpaired) electrons. The van der Waals surface area contributed by atoms with E-state index in [0.29, 0.717) is 5.91 Å². The van der Waals surface area contributed by atoms with Gasteiger partial charge in [-0.05, 0) is 59.2 Å². The van der Waals surface area contributed by atoms with Gasteiger partial charge < -0.3 is 15.1 Å². The van der Waals surface area contributed by atoms with Crippen LogP contribution in [0.2, 0.25) is 0 Å². The first-order chi connectivity index (χ1) is 9.01. The van der Waals surface area contributed by atoms with E-state index >= 15 is 0 Å². The van der Waals surface area contributed by atoms with Crippen molar-refractivity contribution in [2.24, 2.45) is 11.3 Å². The lowest BCUT2D eigenvalue weighted by molar-refractivity contribution is -0.143. The van der Waals surface area contributed by atoms with Crippen molar-refractivity contribution in [3.63, 3.8) is 0 Å². The summed E-state index contributed by atoms with van der Waals surface area (Å²) in [7, 11) is 4.26. The van der Waals surface area contributed by atoms with Crippen LogP contribution in [0.4, 0.5) is 0 Å². The molecule has 6 heteroatoms. The Morgan fingerprint density at radius 1 is 1.29 bits per heavy atom.